The summed E-state index contributed by atoms with van der Waals surface area (Å²) in [5.74, 6) is 1.18. The molecule has 9 nitrogen and oxygen atoms in total. The monoisotopic (exact) mass is 605 g/mol. The third kappa shape index (κ3) is 7.03. The first-order valence-corrected chi connectivity index (χ1v) is 11.9. The number of nitro benzene ring substituents is 1. The van der Waals surface area contributed by atoms with Crippen LogP contribution >= 0.6 is 31.9 Å². The number of methoxy groups -OCH3 is 1. The zero-order chi connectivity index (χ0) is 25.4. The van der Waals surface area contributed by atoms with Crippen LogP contribution in [0.2, 0.25) is 0 Å². The van der Waals surface area contributed by atoms with Crippen molar-refractivity contribution in [3.63, 3.8) is 0 Å². The lowest BCUT2D eigenvalue weighted by atomic mass is 10.2. The first-order chi connectivity index (χ1) is 16.8. The molecule has 1 amide bonds. The summed E-state index contributed by atoms with van der Waals surface area (Å²) in [4.78, 5) is 22.8. The molecule has 35 heavy (non-hydrogen) atoms. The largest absolute Gasteiger partial charge is 0.493 e. The molecule has 0 saturated heterocycles. The van der Waals surface area contributed by atoms with Crippen molar-refractivity contribution in [2.45, 2.75) is 13.5 Å². The third-order valence-corrected chi connectivity index (χ3v) is 5.83. The summed E-state index contributed by atoms with van der Waals surface area (Å²) in [6, 6.07) is 14.6. The highest BCUT2D eigenvalue weighted by molar-refractivity contribution is 9.11. The molecule has 182 valence electrons. The number of non-ortho nitro benzene ring substituents is 1. The third-order valence-electron chi connectivity index (χ3n) is 4.66. The number of rotatable bonds is 10. The van der Waals surface area contributed by atoms with E-state index in [4.69, 9.17) is 14.2 Å². The van der Waals surface area contributed by atoms with E-state index in [0.29, 0.717) is 43.9 Å². The maximum atomic E-state index is 12.5. The number of hydrogen-bond acceptors (Lipinski definition) is 7. The second kappa shape index (κ2) is 12.3. The average Bonchev–Trinajstić information content (AvgIpc) is 2.84. The highest BCUT2D eigenvalue weighted by Gasteiger charge is 2.12. The molecule has 3 aromatic carbocycles. The number of nitrogens with one attached hydrogen (secondary N) is 1. The normalized spacial score (nSPS) is 10.7. The predicted molar refractivity (Wildman–Crippen MR) is 138 cm³/mol. The minimum absolute atomic E-state index is 0.0218. The van der Waals surface area contributed by atoms with E-state index in [2.05, 4.69) is 42.4 Å². The number of hydrogen-bond donors (Lipinski definition) is 1. The first-order valence-electron chi connectivity index (χ1n) is 10.3. The van der Waals surface area contributed by atoms with Crippen LogP contribution in [0.25, 0.3) is 0 Å². The van der Waals surface area contributed by atoms with Gasteiger partial charge in [0.25, 0.3) is 11.6 Å². The summed E-state index contributed by atoms with van der Waals surface area (Å²) in [5.41, 5.74) is 4.38. The summed E-state index contributed by atoms with van der Waals surface area (Å²) in [6.45, 7) is 2.51. The molecular weight excluding hydrogens is 586 g/mol. The van der Waals surface area contributed by atoms with Crippen LogP contribution in [0.5, 0.6) is 17.2 Å². The van der Waals surface area contributed by atoms with Gasteiger partial charge in [-0.25, -0.2) is 5.43 Å². The van der Waals surface area contributed by atoms with Crippen LogP contribution in [0, 0.1) is 10.1 Å². The van der Waals surface area contributed by atoms with Gasteiger partial charge in [-0.15, -0.1) is 0 Å². The van der Waals surface area contributed by atoms with Gasteiger partial charge in [-0.2, -0.15) is 5.10 Å². The Morgan fingerprint density at radius 3 is 2.34 bits per heavy atom. The molecule has 11 heteroatoms. The summed E-state index contributed by atoms with van der Waals surface area (Å²) in [6.07, 6.45) is 1.50. The number of benzene rings is 3. The molecule has 0 radical (unpaired) electrons. The Morgan fingerprint density at radius 1 is 1.06 bits per heavy atom. The number of ether oxygens (including phenoxy) is 3. The van der Waals surface area contributed by atoms with E-state index in [1.165, 1.54) is 25.5 Å². The molecule has 0 heterocycles. The molecule has 3 aromatic rings. The van der Waals surface area contributed by atoms with E-state index >= 15 is 0 Å². The van der Waals surface area contributed by atoms with Crippen molar-refractivity contribution in [2.24, 2.45) is 5.10 Å². The molecule has 0 aliphatic carbocycles. The Labute approximate surface area is 218 Å². The number of nitro groups is 1. The van der Waals surface area contributed by atoms with Gasteiger partial charge in [0.1, 0.15) is 12.4 Å². The maximum absolute atomic E-state index is 12.5. The number of carbonyl (C=O) groups is 1. The van der Waals surface area contributed by atoms with Crippen LogP contribution in [0.4, 0.5) is 5.69 Å². The summed E-state index contributed by atoms with van der Waals surface area (Å²) < 4.78 is 17.9. The zero-order valence-electron chi connectivity index (χ0n) is 18.8. The molecule has 0 aliphatic rings. The second-order valence-electron chi connectivity index (χ2n) is 7.02. The van der Waals surface area contributed by atoms with Gasteiger partial charge in [0.15, 0.2) is 11.5 Å². The highest BCUT2D eigenvalue weighted by Crippen LogP contribution is 2.35. The second-order valence-corrected chi connectivity index (χ2v) is 8.73. The predicted octanol–water partition coefficient (Wildman–Crippen LogP) is 5.87. The Hall–Kier alpha value is -3.44. The van der Waals surface area contributed by atoms with Crippen LogP contribution in [0.3, 0.4) is 0 Å². The molecule has 0 unspecified atom stereocenters. The molecule has 0 saturated carbocycles. The van der Waals surface area contributed by atoms with Crippen LogP contribution in [0.15, 0.2) is 68.6 Å². The van der Waals surface area contributed by atoms with Crippen molar-refractivity contribution in [1.82, 2.24) is 5.43 Å². The van der Waals surface area contributed by atoms with E-state index in [-0.39, 0.29) is 12.3 Å². The topological polar surface area (TPSA) is 112 Å². The van der Waals surface area contributed by atoms with Gasteiger partial charge in [-0.3, -0.25) is 14.9 Å². The molecule has 0 fully saturated rings. The lowest BCUT2D eigenvalue weighted by molar-refractivity contribution is -0.384. The number of hydrazone groups is 1. The van der Waals surface area contributed by atoms with E-state index in [1.807, 2.05) is 6.92 Å². The van der Waals surface area contributed by atoms with E-state index in [1.54, 1.807) is 42.5 Å². The van der Waals surface area contributed by atoms with Crippen LogP contribution in [0.1, 0.15) is 28.4 Å². The van der Waals surface area contributed by atoms with Gasteiger partial charge < -0.3 is 14.2 Å². The minimum Gasteiger partial charge on any atom is -0.493 e. The summed E-state index contributed by atoms with van der Waals surface area (Å²) in [7, 11) is 1.53. The maximum Gasteiger partial charge on any atom is 0.271 e. The fourth-order valence-electron chi connectivity index (χ4n) is 2.98. The van der Waals surface area contributed by atoms with Crippen molar-refractivity contribution in [3.8, 4) is 17.2 Å². The summed E-state index contributed by atoms with van der Waals surface area (Å²) in [5, 5.41) is 14.8. The van der Waals surface area contributed by atoms with Crippen LogP contribution in [-0.2, 0) is 6.61 Å². The fourth-order valence-corrected chi connectivity index (χ4v) is 4.43. The van der Waals surface area contributed by atoms with Crippen LogP contribution < -0.4 is 19.6 Å². The summed E-state index contributed by atoms with van der Waals surface area (Å²) >= 11 is 6.95. The minimum atomic E-state index is -0.449. The smallest absolute Gasteiger partial charge is 0.271 e. The van der Waals surface area contributed by atoms with Crippen molar-refractivity contribution in [2.75, 3.05) is 13.7 Å². The number of halogens is 2. The zero-order valence-corrected chi connectivity index (χ0v) is 22.0. The van der Waals surface area contributed by atoms with Gasteiger partial charge in [0.2, 0.25) is 0 Å². The Morgan fingerprint density at radius 2 is 1.74 bits per heavy atom. The van der Waals surface area contributed by atoms with Gasteiger partial charge in [0.05, 0.1) is 33.8 Å². The van der Waals surface area contributed by atoms with Crippen molar-refractivity contribution < 1.29 is 23.9 Å². The molecule has 3 rings (SSSR count). The first kappa shape index (κ1) is 26.2. The van der Waals surface area contributed by atoms with Crippen molar-refractivity contribution in [3.05, 3.63) is 90.3 Å². The Balaban J connectivity index is 1.64. The standard InChI is InChI=1S/C24H21Br2N3O6/c1-3-34-22-12-17(6-9-21(22)33-2)24(30)28-27-13-16-10-19(25)23(20(26)11-16)35-14-15-4-7-18(8-5-15)29(31)32/h4-13H,3,14H2,1-2H3,(H,28,30)/b27-13+. The van der Waals surface area contributed by atoms with E-state index in [0.717, 1.165) is 5.56 Å². The van der Waals surface area contributed by atoms with E-state index < -0.39 is 10.8 Å². The Kier molecular flexibility index (Phi) is 9.21. The highest BCUT2D eigenvalue weighted by atomic mass is 79.9. The fraction of sp³-hybridized carbons (Fsp3) is 0.167. The molecule has 0 spiro atoms. The lowest BCUT2D eigenvalue weighted by Gasteiger charge is -2.11. The van der Waals surface area contributed by atoms with Gasteiger partial charge in [-0.1, -0.05) is 0 Å². The lowest BCUT2D eigenvalue weighted by Crippen LogP contribution is -2.17. The Bertz CT molecular complexity index is 1230. The molecule has 0 aromatic heterocycles. The van der Waals surface area contributed by atoms with Gasteiger partial charge in [-0.05, 0) is 92.4 Å². The molecular formula is C24H21Br2N3O6. The van der Waals surface area contributed by atoms with E-state index in [9.17, 15) is 14.9 Å². The molecule has 0 bridgehead atoms. The quantitative estimate of drug-likeness (QED) is 0.175. The van der Waals surface area contributed by atoms with Crippen molar-refractivity contribution in [1.29, 1.82) is 0 Å². The number of amides is 1. The SMILES string of the molecule is CCOc1cc(C(=O)N/N=C/c2cc(Br)c(OCc3ccc([N+](=O)[O-])cc3)c(Br)c2)ccc1OC. The van der Waals surface area contributed by atoms with Gasteiger partial charge in [0, 0.05) is 17.7 Å². The number of carbonyl (C=O) groups excluding carboxylic acids is 1. The molecule has 0 aliphatic heterocycles. The van der Waals surface area contributed by atoms with Crippen molar-refractivity contribution >= 4 is 49.7 Å². The molecule has 1 N–H and O–H groups in total. The average molecular weight is 607 g/mol. The van der Waals surface area contributed by atoms with Gasteiger partial charge >= 0.3 is 0 Å². The molecule has 0 atom stereocenters. The van der Waals surface area contributed by atoms with Crippen LogP contribution in [-0.4, -0.2) is 30.8 Å². The number of nitrogens with zero attached hydrogens (tertiary/aromatic N) is 2.